The average Bonchev–Trinajstić information content (AvgIpc) is 2.75. The number of aliphatic hydroxyl groups excluding tert-OH is 1. The van der Waals surface area contributed by atoms with Crippen LogP contribution in [0.1, 0.15) is 34.6 Å². The Hall–Kier alpha value is -2.60. The van der Waals surface area contributed by atoms with Gasteiger partial charge in [0, 0.05) is 5.56 Å². The zero-order valence-electron chi connectivity index (χ0n) is 13.2. The Morgan fingerprint density at radius 2 is 1.83 bits per heavy atom. The fourth-order valence-electron chi connectivity index (χ4n) is 2.43. The molecule has 0 radical (unpaired) electrons. The number of carboxylic acid groups (broad SMARTS) is 1. The van der Waals surface area contributed by atoms with Gasteiger partial charge in [-0.25, -0.2) is 4.79 Å². The first kappa shape index (κ1) is 17.7. The van der Waals surface area contributed by atoms with Crippen molar-refractivity contribution in [3.8, 4) is 0 Å². The number of aromatic carboxylic acids is 1. The van der Waals surface area contributed by atoms with Crippen LogP contribution in [0, 0.1) is 0 Å². The number of ketones is 1. The second-order valence-electron chi connectivity index (χ2n) is 5.49. The van der Waals surface area contributed by atoms with Crippen LogP contribution in [-0.4, -0.2) is 31.8 Å². The quantitative estimate of drug-likeness (QED) is 0.482. The van der Waals surface area contributed by atoms with Crippen LogP contribution in [0.4, 0.5) is 0 Å². The van der Waals surface area contributed by atoms with Crippen molar-refractivity contribution in [2.24, 2.45) is 0 Å². The fraction of sp³-hybridized carbons (Fsp3) is 0.167. The second-order valence-corrected chi connectivity index (χ2v) is 6.92. The van der Waals surface area contributed by atoms with Crippen molar-refractivity contribution in [3.05, 3.63) is 71.0 Å². The number of rotatable bonds is 5. The normalized spacial score (nSPS) is 21.1. The summed E-state index contributed by atoms with van der Waals surface area (Å²) in [6.45, 7) is 6.99. The van der Waals surface area contributed by atoms with Crippen molar-refractivity contribution >= 4 is 28.6 Å². The number of carboxylic acids is 1. The molecular weight excluding hydrogens is 328 g/mol. The van der Waals surface area contributed by atoms with Crippen LogP contribution in [0.25, 0.3) is 0 Å². The van der Waals surface area contributed by atoms with Gasteiger partial charge in [-0.3, -0.25) is 9.59 Å². The molecule has 1 heterocycles. The molecule has 1 aliphatic heterocycles. The SMILES string of the molecule is C=C/C(C)=C/[C@@]1(C)SC(=O)C(C(=O)c2ccccc2C(=O)O)=C1O. The highest BCUT2D eigenvalue weighted by atomic mass is 32.2. The number of hydrogen-bond donors (Lipinski definition) is 2. The first-order valence-electron chi connectivity index (χ1n) is 7.07. The Balaban J connectivity index is 2.57. The van der Waals surface area contributed by atoms with E-state index >= 15 is 0 Å². The third-order valence-electron chi connectivity index (χ3n) is 3.67. The van der Waals surface area contributed by atoms with Crippen LogP contribution in [0.15, 0.2) is 59.9 Å². The van der Waals surface area contributed by atoms with Gasteiger partial charge in [0.1, 0.15) is 11.3 Å². The van der Waals surface area contributed by atoms with E-state index in [4.69, 9.17) is 0 Å². The molecule has 2 N–H and O–H groups in total. The van der Waals surface area contributed by atoms with E-state index in [0.29, 0.717) is 0 Å². The molecule has 1 aliphatic rings. The molecule has 0 spiro atoms. The van der Waals surface area contributed by atoms with Crippen molar-refractivity contribution in [1.29, 1.82) is 0 Å². The van der Waals surface area contributed by atoms with E-state index < -0.39 is 21.6 Å². The van der Waals surface area contributed by atoms with Crippen molar-refractivity contribution in [3.63, 3.8) is 0 Å². The lowest BCUT2D eigenvalue weighted by Crippen LogP contribution is -2.19. The summed E-state index contributed by atoms with van der Waals surface area (Å²) in [6, 6.07) is 5.59. The molecule has 2 rings (SSSR count). The first-order valence-corrected chi connectivity index (χ1v) is 7.89. The molecular formula is C18H16O5S. The van der Waals surface area contributed by atoms with Gasteiger partial charge < -0.3 is 10.2 Å². The minimum absolute atomic E-state index is 0.130. The van der Waals surface area contributed by atoms with Gasteiger partial charge in [0.25, 0.3) is 0 Å². The molecule has 0 unspecified atom stereocenters. The van der Waals surface area contributed by atoms with Crippen LogP contribution in [-0.2, 0) is 4.79 Å². The summed E-state index contributed by atoms with van der Waals surface area (Å²) in [4.78, 5) is 36.2. The standard InChI is InChI=1S/C18H16O5S/c1-4-10(2)9-18(3)15(20)13(17(23)24-18)14(19)11-7-5-6-8-12(11)16(21)22/h4-9,20H,1H2,2-3H3,(H,21,22)/b10-9+/t18-/m1/s1. The number of carbonyl (C=O) groups is 3. The topological polar surface area (TPSA) is 91.7 Å². The lowest BCUT2D eigenvalue weighted by Gasteiger charge is -2.18. The molecule has 0 saturated heterocycles. The van der Waals surface area contributed by atoms with Crippen LogP contribution in [0.5, 0.6) is 0 Å². The van der Waals surface area contributed by atoms with Crippen LogP contribution in [0.3, 0.4) is 0 Å². The Bertz CT molecular complexity index is 818. The van der Waals surface area contributed by atoms with E-state index in [2.05, 4.69) is 6.58 Å². The van der Waals surface area contributed by atoms with E-state index in [-0.39, 0.29) is 22.5 Å². The molecule has 24 heavy (non-hydrogen) atoms. The Kier molecular flexibility index (Phi) is 4.80. The number of thioether (sulfide) groups is 1. The molecule has 0 aromatic heterocycles. The van der Waals surface area contributed by atoms with Gasteiger partial charge >= 0.3 is 5.97 Å². The molecule has 0 bridgehead atoms. The van der Waals surface area contributed by atoms with Crippen molar-refractivity contribution < 1.29 is 24.6 Å². The fourth-order valence-corrected chi connectivity index (χ4v) is 3.55. The van der Waals surface area contributed by atoms with Gasteiger partial charge in [-0.05, 0) is 19.9 Å². The highest BCUT2D eigenvalue weighted by molar-refractivity contribution is 8.16. The van der Waals surface area contributed by atoms with E-state index in [9.17, 15) is 24.6 Å². The van der Waals surface area contributed by atoms with Gasteiger partial charge in [0.15, 0.2) is 0 Å². The Morgan fingerprint density at radius 3 is 2.38 bits per heavy atom. The van der Waals surface area contributed by atoms with Crippen LogP contribution < -0.4 is 0 Å². The van der Waals surface area contributed by atoms with Gasteiger partial charge in [-0.2, -0.15) is 0 Å². The maximum Gasteiger partial charge on any atom is 0.336 e. The molecule has 1 aromatic rings. The monoisotopic (exact) mass is 344 g/mol. The van der Waals surface area contributed by atoms with Gasteiger partial charge in [-0.15, -0.1) is 0 Å². The van der Waals surface area contributed by atoms with Crippen LogP contribution in [0.2, 0.25) is 0 Å². The summed E-state index contributed by atoms with van der Waals surface area (Å²) in [5, 5.41) is 19.1. The minimum atomic E-state index is -1.28. The largest absolute Gasteiger partial charge is 0.510 e. The maximum atomic E-state index is 12.7. The van der Waals surface area contributed by atoms with Crippen LogP contribution >= 0.6 is 11.8 Å². The summed E-state index contributed by atoms with van der Waals surface area (Å²) in [6.07, 6.45) is 3.21. The second kappa shape index (κ2) is 6.49. The predicted octanol–water partition coefficient (Wildman–Crippen LogP) is 3.54. The molecule has 0 fully saturated rings. The van der Waals surface area contributed by atoms with Crippen molar-refractivity contribution in [2.75, 3.05) is 0 Å². The summed E-state index contributed by atoms with van der Waals surface area (Å²) < 4.78 is -1.08. The van der Waals surface area contributed by atoms with Gasteiger partial charge in [0.2, 0.25) is 10.9 Å². The number of hydrogen-bond acceptors (Lipinski definition) is 5. The number of Topliss-reactive ketones (excluding diaryl/α,β-unsaturated/α-hetero) is 1. The lowest BCUT2D eigenvalue weighted by molar-refractivity contribution is -0.107. The lowest BCUT2D eigenvalue weighted by atomic mass is 9.94. The summed E-state index contributed by atoms with van der Waals surface area (Å²) in [5.74, 6) is -2.44. The summed E-state index contributed by atoms with van der Waals surface area (Å²) >= 11 is 0.810. The van der Waals surface area contributed by atoms with Crippen molar-refractivity contribution in [2.45, 2.75) is 18.6 Å². The number of aliphatic hydroxyl groups is 1. The molecule has 0 amide bonds. The zero-order valence-corrected chi connectivity index (χ0v) is 14.0. The van der Waals surface area contributed by atoms with E-state index in [1.807, 2.05) is 0 Å². The zero-order chi connectivity index (χ0) is 18.1. The average molecular weight is 344 g/mol. The van der Waals surface area contributed by atoms with Gasteiger partial charge in [0.05, 0.1) is 10.3 Å². The highest BCUT2D eigenvalue weighted by Gasteiger charge is 2.45. The molecule has 124 valence electrons. The van der Waals surface area contributed by atoms with Gasteiger partial charge in [-0.1, -0.05) is 54.3 Å². The van der Waals surface area contributed by atoms with Crippen molar-refractivity contribution in [1.82, 2.24) is 0 Å². The summed E-state index contributed by atoms with van der Waals surface area (Å²) in [7, 11) is 0. The predicted molar refractivity (Wildman–Crippen MR) is 92.3 cm³/mol. The smallest absolute Gasteiger partial charge is 0.336 e. The number of carbonyl (C=O) groups excluding carboxylic acids is 2. The first-order chi connectivity index (χ1) is 11.2. The molecule has 0 aliphatic carbocycles. The summed E-state index contributed by atoms with van der Waals surface area (Å²) in [5.41, 5.74) is 0.00878. The highest BCUT2D eigenvalue weighted by Crippen LogP contribution is 2.45. The van der Waals surface area contributed by atoms with E-state index in [0.717, 1.165) is 17.3 Å². The Morgan fingerprint density at radius 1 is 1.25 bits per heavy atom. The van der Waals surface area contributed by atoms with E-state index in [1.165, 1.54) is 24.3 Å². The maximum absolute atomic E-state index is 12.7. The molecule has 1 aromatic carbocycles. The third kappa shape index (κ3) is 3.05. The third-order valence-corrected chi connectivity index (χ3v) is 4.79. The molecule has 5 nitrogen and oxygen atoms in total. The Labute approximate surface area is 143 Å². The van der Waals surface area contributed by atoms with E-state index in [1.54, 1.807) is 26.0 Å². The number of benzene rings is 1. The minimum Gasteiger partial charge on any atom is -0.510 e. The molecule has 6 heteroatoms. The number of allylic oxidation sites excluding steroid dienone is 2. The molecule has 0 saturated carbocycles. The molecule has 1 atom stereocenters.